The second kappa shape index (κ2) is 4.37. The number of carbonyl (C=O) groups excluding carboxylic acids is 1. The predicted octanol–water partition coefficient (Wildman–Crippen LogP) is 3.04. The molecular weight excluding hydrogens is 232 g/mol. The Morgan fingerprint density at radius 3 is 2.76 bits per heavy atom. The lowest BCUT2D eigenvalue weighted by Gasteiger charge is -2.27. The van der Waals surface area contributed by atoms with Gasteiger partial charge in [0.1, 0.15) is 4.88 Å². The SMILES string of the molecule is O=C(c1cnns1)c1ccccc1C1CCC1. The third-order valence-corrected chi connectivity index (χ3v) is 4.00. The van der Waals surface area contributed by atoms with Gasteiger partial charge in [-0.15, -0.1) is 5.10 Å². The van der Waals surface area contributed by atoms with Crippen LogP contribution >= 0.6 is 11.5 Å². The smallest absolute Gasteiger partial charge is 0.206 e. The van der Waals surface area contributed by atoms with Crippen molar-refractivity contribution in [3.8, 4) is 0 Å². The molecule has 0 aliphatic heterocycles. The lowest BCUT2D eigenvalue weighted by atomic mass is 9.77. The van der Waals surface area contributed by atoms with Gasteiger partial charge in [0.2, 0.25) is 5.78 Å². The quantitative estimate of drug-likeness (QED) is 0.779. The third kappa shape index (κ3) is 1.89. The van der Waals surface area contributed by atoms with Crippen molar-refractivity contribution in [1.29, 1.82) is 0 Å². The summed E-state index contributed by atoms with van der Waals surface area (Å²) in [6.45, 7) is 0. The van der Waals surface area contributed by atoms with Gasteiger partial charge in [-0.3, -0.25) is 4.79 Å². The number of benzene rings is 1. The lowest BCUT2D eigenvalue weighted by Crippen LogP contribution is -2.13. The molecule has 1 saturated carbocycles. The Hall–Kier alpha value is -1.55. The highest BCUT2D eigenvalue weighted by molar-refractivity contribution is 7.08. The maximum absolute atomic E-state index is 12.3. The molecule has 2 aromatic rings. The lowest BCUT2D eigenvalue weighted by molar-refractivity contribution is 0.104. The molecule has 0 saturated heterocycles. The molecular formula is C13H12N2OS. The highest BCUT2D eigenvalue weighted by Gasteiger charge is 2.25. The van der Waals surface area contributed by atoms with E-state index in [1.165, 1.54) is 24.8 Å². The van der Waals surface area contributed by atoms with Crippen LogP contribution in [0.25, 0.3) is 0 Å². The van der Waals surface area contributed by atoms with Gasteiger partial charge in [0, 0.05) is 5.56 Å². The average Bonchev–Trinajstić information content (AvgIpc) is 2.80. The van der Waals surface area contributed by atoms with Crippen LogP contribution in [0.3, 0.4) is 0 Å². The van der Waals surface area contributed by atoms with Gasteiger partial charge in [0.05, 0.1) is 6.20 Å². The number of carbonyl (C=O) groups is 1. The normalized spacial score (nSPS) is 15.5. The van der Waals surface area contributed by atoms with Gasteiger partial charge in [0.25, 0.3) is 0 Å². The van der Waals surface area contributed by atoms with E-state index in [-0.39, 0.29) is 5.78 Å². The molecule has 1 aliphatic carbocycles. The maximum Gasteiger partial charge on any atom is 0.206 e. The molecule has 86 valence electrons. The van der Waals surface area contributed by atoms with Crippen molar-refractivity contribution in [2.45, 2.75) is 25.2 Å². The first kappa shape index (κ1) is 10.6. The van der Waals surface area contributed by atoms with Crippen LogP contribution in [0.5, 0.6) is 0 Å². The highest BCUT2D eigenvalue weighted by atomic mass is 32.1. The second-order valence-corrected chi connectivity index (χ2v) is 5.11. The fraction of sp³-hybridized carbons (Fsp3) is 0.308. The zero-order chi connectivity index (χ0) is 11.7. The summed E-state index contributed by atoms with van der Waals surface area (Å²) in [7, 11) is 0. The Morgan fingerprint density at radius 2 is 2.12 bits per heavy atom. The van der Waals surface area contributed by atoms with E-state index in [9.17, 15) is 4.79 Å². The number of aromatic nitrogens is 2. The van der Waals surface area contributed by atoms with Gasteiger partial charge in [-0.25, -0.2) is 0 Å². The molecule has 0 bridgehead atoms. The molecule has 1 aliphatic rings. The van der Waals surface area contributed by atoms with Crippen LogP contribution in [0.4, 0.5) is 0 Å². The summed E-state index contributed by atoms with van der Waals surface area (Å²) in [5.41, 5.74) is 2.01. The maximum atomic E-state index is 12.3. The van der Waals surface area contributed by atoms with E-state index in [0.29, 0.717) is 10.8 Å². The zero-order valence-electron chi connectivity index (χ0n) is 9.30. The van der Waals surface area contributed by atoms with E-state index < -0.39 is 0 Å². The van der Waals surface area contributed by atoms with Crippen LogP contribution in [0.1, 0.15) is 46.0 Å². The first-order valence-corrected chi connectivity index (χ1v) is 6.54. The first-order chi connectivity index (χ1) is 8.36. The molecule has 0 amide bonds. The Kier molecular flexibility index (Phi) is 2.73. The van der Waals surface area contributed by atoms with E-state index in [2.05, 4.69) is 15.7 Å². The van der Waals surface area contributed by atoms with E-state index >= 15 is 0 Å². The molecule has 0 atom stereocenters. The van der Waals surface area contributed by atoms with E-state index in [4.69, 9.17) is 0 Å². The monoisotopic (exact) mass is 244 g/mol. The van der Waals surface area contributed by atoms with Crippen molar-refractivity contribution in [2.24, 2.45) is 0 Å². The summed E-state index contributed by atoms with van der Waals surface area (Å²) in [5.74, 6) is 0.624. The van der Waals surface area contributed by atoms with E-state index in [1.54, 1.807) is 6.20 Å². The minimum absolute atomic E-state index is 0.0579. The van der Waals surface area contributed by atoms with Crippen LogP contribution in [0.2, 0.25) is 0 Å². The van der Waals surface area contributed by atoms with Crippen molar-refractivity contribution < 1.29 is 4.79 Å². The number of ketones is 1. The van der Waals surface area contributed by atoms with Gasteiger partial charge in [-0.1, -0.05) is 35.2 Å². The summed E-state index contributed by atoms with van der Waals surface area (Å²) in [4.78, 5) is 12.9. The van der Waals surface area contributed by atoms with Gasteiger partial charge >= 0.3 is 0 Å². The van der Waals surface area contributed by atoms with Crippen molar-refractivity contribution in [3.05, 3.63) is 46.5 Å². The van der Waals surface area contributed by atoms with Gasteiger partial charge in [0.15, 0.2) is 0 Å². The Balaban J connectivity index is 1.99. The highest BCUT2D eigenvalue weighted by Crippen LogP contribution is 2.38. The van der Waals surface area contributed by atoms with Crippen LogP contribution in [-0.4, -0.2) is 15.4 Å². The summed E-state index contributed by atoms with van der Waals surface area (Å²) in [6, 6.07) is 7.92. The van der Waals surface area contributed by atoms with Gasteiger partial charge in [-0.05, 0) is 35.9 Å². The molecule has 1 fully saturated rings. The van der Waals surface area contributed by atoms with Crippen molar-refractivity contribution in [3.63, 3.8) is 0 Å². The fourth-order valence-corrected chi connectivity index (χ4v) is 2.65. The molecule has 1 aromatic carbocycles. The topological polar surface area (TPSA) is 42.9 Å². The molecule has 17 heavy (non-hydrogen) atoms. The average molecular weight is 244 g/mol. The van der Waals surface area contributed by atoms with Crippen molar-refractivity contribution in [1.82, 2.24) is 9.59 Å². The predicted molar refractivity (Wildman–Crippen MR) is 66.4 cm³/mol. The summed E-state index contributed by atoms with van der Waals surface area (Å²) in [6.07, 6.45) is 5.22. The van der Waals surface area contributed by atoms with Crippen LogP contribution in [-0.2, 0) is 0 Å². The Bertz CT molecular complexity index is 532. The number of rotatable bonds is 3. The zero-order valence-corrected chi connectivity index (χ0v) is 10.1. The molecule has 1 aromatic heterocycles. The number of hydrogen-bond acceptors (Lipinski definition) is 4. The minimum Gasteiger partial charge on any atom is -0.288 e. The molecule has 3 rings (SSSR count). The van der Waals surface area contributed by atoms with Crippen LogP contribution in [0, 0.1) is 0 Å². The molecule has 3 nitrogen and oxygen atoms in total. The minimum atomic E-state index is 0.0579. The first-order valence-electron chi connectivity index (χ1n) is 5.77. The number of nitrogens with zero attached hydrogens (tertiary/aromatic N) is 2. The van der Waals surface area contributed by atoms with Gasteiger partial charge < -0.3 is 0 Å². The molecule has 0 radical (unpaired) electrons. The molecule has 0 N–H and O–H groups in total. The Morgan fingerprint density at radius 1 is 1.29 bits per heavy atom. The van der Waals surface area contributed by atoms with Gasteiger partial charge in [-0.2, -0.15) is 0 Å². The molecule has 0 unspecified atom stereocenters. The molecule has 1 heterocycles. The number of hydrogen-bond donors (Lipinski definition) is 0. The molecule has 0 spiro atoms. The largest absolute Gasteiger partial charge is 0.288 e. The van der Waals surface area contributed by atoms with Crippen LogP contribution in [0.15, 0.2) is 30.5 Å². The standard InChI is InChI=1S/C13H12N2OS/c16-13(12-8-14-15-17-12)11-7-2-1-6-10(11)9-4-3-5-9/h1-2,6-9H,3-5H2. The fourth-order valence-electron chi connectivity index (χ4n) is 2.18. The van der Waals surface area contributed by atoms with E-state index in [1.807, 2.05) is 18.2 Å². The summed E-state index contributed by atoms with van der Waals surface area (Å²) in [5, 5.41) is 3.73. The third-order valence-electron chi connectivity index (χ3n) is 3.34. The second-order valence-electron chi connectivity index (χ2n) is 4.33. The Labute approximate surface area is 104 Å². The summed E-state index contributed by atoms with van der Waals surface area (Å²) < 4.78 is 3.75. The summed E-state index contributed by atoms with van der Waals surface area (Å²) >= 11 is 1.16. The van der Waals surface area contributed by atoms with Crippen LogP contribution < -0.4 is 0 Å². The molecule has 4 heteroatoms. The van der Waals surface area contributed by atoms with Crippen molar-refractivity contribution >= 4 is 17.3 Å². The van der Waals surface area contributed by atoms with E-state index in [0.717, 1.165) is 17.1 Å². The van der Waals surface area contributed by atoms with Crippen molar-refractivity contribution in [2.75, 3.05) is 0 Å².